The van der Waals surface area contributed by atoms with Crippen molar-refractivity contribution in [3.63, 3.8) is 0 Å². The molecule has 1 aliphatic heterocycles. The summed E-state index contributed by atoms with van der Waals surface area (Å²) in [6, 6.07) is 4.66. The number of methoxy groups -OCH3 is 1. The molecule has 1 heterocycles. The normalized spacial score (nSPS) is 15.7. The van der Waals surface area contributed by atoms with Crippen molar-refractivity contribution in [3.8, 4) is 5.75 Å². The molecule has 0 bridgehead atoms. The van der Waals surface area contributed by atoms with Crippen LogP contribution < -0.4 is 19.5 Å². The summed E-state index contributed by atoms with van der Waals surface area (Å²) >= 11 is 0. The zero-order valence-electron chi connectivity index (χ0n) is 10.4. The average Bonchev–Trinajstić information content (AvgIpc) is 2.73. The van der Waals surface area contributed by atoms with Crippen molar-refractivity contribution >= 4 is 27.5 Å². The molecule has 0 aliphatic carbocycles. The Bertz CT molecular complexity index is 600. The summed E-state index contributed by atoms with van der Waals surface area (Å²) in [5.41, 5.74) is 0.916. The maximum atomic E-state index is 11.7. The molecule has 0 spiro atoms. The molecular formula is C11H15N3O4S. The molecular weight excluding hydrogens is 270 g/mol. The fraction of sp³-hybridized carbons (Fsp3) is 0.364. The molecule has 104 valence electrons. The molecule has 1 amide bonds. The van der Waals surface area contributed by atoms with E-state index < -0.39 is 10.2 Å². The molecule has 0 atom stereocenters. The Kier molecular flexibility index (Phi) is 3.63. The summed E-state index contributed by atoms with van der Waals surface area (Å²) < 4.78 is 29.3. The number of hydrogen-bond donors (Lipinski definition) is 2. The monoisotopic (exact) mass is 285 g/mol. The van der Waals surface area contributed by atoms with Gasteiger partial charge in [0.15, 0.2) is 0 Å². The van der Waals surface area contributed by atoms with Crippen LogP contribution in [-0.2, 0) is 15.0 Å². The van der Waals surface area contributed by atoms with Crippen LogP contribution in [0.25, 0.3) is 0 Å². The Morgan fingerprint density at radius 1 is 1.42 bits per heavy atom. The van der Waals surface area contributed by atoms with Gasteiger partial charge in [0.25, 0.3) is 10.2 Å². The van der Waals surface area contributed by atoms with E-state index in [9.17, 15) is 13.2 Å². The number of nitrogens with one attached hydrogen (secondary N) is 1. The van der Waals surface area contributed by atoms with Gasteiger partial charge in [0.1, 0.15) is 5.75 Å². The summed E-state index contributed by atoms with van der Waals surface area (Å²) in [6.45, 7) is 0.636. The SMILES string of the molecule is COc1cc(NS(N)(=O)=O)ccc1N1CCCC1=O. The van der Waals surface area contributed by atoms with Crippen molar-refractivity contribution in [2.24, 2.45) is 5.14 Å². The Balaban J connectivity index is 2.34. The number of rotatable bonds is 4. The highest BCUT2D eigenvalue weighted by molar-refractivity contribution is 7.90. The molecule has 2 rings (SSSR count). The number of carbonyl (C=O) groups is 1. The van der Waals surface area contributed by atoms with Gasteiger partial charge in [-0.25, -0.2) is 5.14 Å². The summed E-state index contributed by atoms with van der Waals surface area (Å²) in [5, 5.41) is 4.90. The Morgan fingerprint density at radius 3 is 2.68 bits per heavy atom. The molecule has 1 aromatic carbocycles. The second-order valence-electron chi connectivity index (χ2n) is 4.18. The second-order valence-corrected chi connectivity index (χ2v) is 5.48. The molecule has 1 saturated heterocycles. The molecule has 0 saturated carbocycles. The number of benzene rings is 1. The molecule has 0 aromatic heterocycles. The van der Waals surface area contributed by atoms with Gasteiger partial charge in [-0.1, -0.05) is 0 Å². The van der Waals surface area contributed by atoms with E-state index in [1.165, 1.54) is 19.2 Å². The highest BCUT2D eigenvalue weighted by Crippen LogP contribution is 2.33. The summed E-state index contributed by atoms with van der Waals surface area (Å²) in [6.07, 6.45) is 1.32. The maximum Gasteiger partial charge on any atom is 0.296 e. The molecule has 0 unspecified atom stereocenters. The molecule has 1 fully saturated rings. The third-order valence-corrected chi connectivity index (χ3v) is 3.32. The lowest BCUT2D eigenvalue weighted by atomic mass is 10.2. The minimum absolute atomic E-state index is 0.0328. The molecule has 7 nitrogen and oxygen atoms in total. The lowest BCUT2D eigenvalue weighted by molar-refractivity contribution is -0.117. The van der Waals surface area contributed by atoms with Gasteiger partial charge in [-0.3, -0.25) is 9.52 Å². The van der Waals surface area contributed by atoms with Gasteiger partial charge in [-0.2, -0.15) is 8.42 Å². The van der Waals surface area contributed by atoms with Gasteiger partial charge in [-0.05, 0) is 18.6 Å². The van der Waals surface area contributed by atoms with Crippen LogP contribution in [-0.4, -0.2) is 28.0 Å². The van der Waals surface area contributed by atoms with E-state index in [1.54, 1.807) is 11.0 Å². The van der Waals surface area contributed by atoms with Gasteiger partial charge in [-0.15, -0.1) is 0 Å². The second kappa shape index (κ2) is 5.06. The number of ether oxygens (including phenoxy) is 1. The van der Waals surface area contributed by atoms with Gasteiger partial charge in [0.05, 0.1) is 18.5 Å². The van der Waals surface area contributed by atoms with Gasteiger partial charge in [0.2, 0.25) is 5.91 Å². The number of nitrogens with zero attached hydrogens (tertiary/aromatic N) is 1. The molecule has 1 aromatic rings. The quantitative estimate of drug-likeness (QED) is 0.837. The number of carbonyl (C=O) groups excluding carboxylic acids is 1. The molecule has 1 aliphatic rings. The average molecular weight is 285 g/mol. The molecule has 0 radical (unpaired) electrons. The van der Waals surface area contributed by atoms with Crippen LogP contribution >= 0.6 is 0 Å². The van der Waals surface area contributed by atoms with E-state index in [0.29, 0.717) is 24.4 Å². The van der Waals surface area contributed by atoms with E-state index in [1.807, 2.05) is 0 Å². The van der Waals surface area contributed by atoms with E-state index >= 15 is 0 Å². The zero-order valence-corrected chi connectivity index (χ0v) is 11.2. The van der Waals surface area contributed by atoms with Crippen LogP contribution in [0.1, 0.15) is 12.8 Å². The number of hydrogen-bond acceptors (Lipinski definition) is 4. The van der Waals surface area contributed by atoms with Crippen molar-refractivity contribution in [2.75, 3.05) is 23.3 Å². The zero-order chi connectivity index (χ0) is 14.0. The van der Waals surface area contributed by atoms with Crippen molar-refractivity contribution in [3.05, 3.63) is 18.2 Å². The lowest BCUT2D eigenvalue weighted by Gasteiger charge is -2.19. The van der Waals surface area contributed by atoms with Gasteiger partial charge >= 0.3 is 0 Å². The summed E-state index contributed by atoms with van der Waals surface area (Å²) in [7, 11) is -2.37. The Morgan fingerprint density at radius 2 is 2.16 bits per heavy atom. The number of nitrogens with two attached hydrogens (primary N) is 1. The van der Waals surface area contributed by atoms with Crippen LogP contribution in [0, 0.1) is 0 Å². The smallest absolute Gasteiger partial charge is 0.296 e. The Labute approximate surface area is 111 Å². The predicted octanol–water partition coefficient (Wildman–Crippen LogP) is 0.437. The van der Waals surface area contributed by atoms with E-state index in [2.05, 4.69) is 4.72 Å². The minimum Gasteiger partial charge on any atom is -0.494 e. The standard InChI is InChI=1S/C11H15N3O4S/c1-18-10-7-8(13-19(12,16)17)4-5-9(10)14-6-2-3-11(14)15/h4-5,7,13H,2-3,6H2,1H3,(H2,12,16,17). The first-order valence-corrected chi connectivity index (χ1v) is 7.24. The van der Waals surface area contributed by atoms with Crippen molar-refractivity contribution in [1.29, 1.82) is 0 Å². The van der Waals surface area contributed by atoms with Gasteiger partial charge in [0, 0.05) is 19.0 Å². The van der Waals surface area contributed by atoms with Gasteiger partial charge < -0.3 is 9.64 Å². The maximum absolute atomic E-state index is 11.7. The highest BCUT2D eigenvalue weighted by atomic mass is 32.2. The third kappa shape index (κ3) is 3.15. The van der Waals surface area contributed by atoms with Crippen LogP contribution in [0.5, 0.6) is 5.75 Å². The van der Waals surface area contributed by atoms with Crippen molar-refractivity contribution in [2.45, 2.75) is 12.8 Å². The Hall–Kier alpha value is -1.80. The lowest BCUT2D eigenvalue weighted by Crippen LogP contribution is -2.24. The van der Waals surface area contributed by atoms with E-state index in [-0.39, 0.29) is 11.6 Å². The highest BCUT2D eigenvalue weighted by Gasteiger charge is 2.24. The fourth-order valence-corrected chi connectivity index (χ4v) is 2.49. The van der Waals surface area contributed by atoms with Crippen LogP contribution in [0.4, 0.5) is 11.4 Å². The van der Waals surface area contributed by atoms with Crippen LogP contribution in [0.3, 0.4) is 0 Å². The number of anilines is 2. The first-order chi connectivity index (χ1) is 8.90. The predicted molar refractivity (Wildman–Crippen MR) is 71.3 cm³/mol. The van der Waals surface area contributed by atoms with Crippen LogP contribution in [0.2, 0.25) is 0 Å². The first kappa shape index (κ1) is 13.6. The van der Waals surface area contributed by atoms with Crippen molar-refractivity contribution in [1.82, 2.24) is 0 Å². The van der Waals surface area contributed by atoms with E-state index in [4.69, 9.17) is 9.88 Å². The van der Waals surface area contributed by atoms with Crippen LogP contribution in [0.15, 0.2) is 18.2 Å². The molecule has 3 N–H and O–H groups in total. The summed E-state index contributed by atoms with van der Waals surface area (Å²) in [5.74, 6) is 0.453. The molecule has 8 heteroatoms. The molecule has 19 heavy (non-hydrogen) atoms. The largest absolute Gasteiger partial charge is 0.494 e. The topological polar surface area (TPSA) is 102 Å². The third-order valence-electron chi connectivity index (χ3n) is 2.80. The fourth-order valence-electron chi connectivity index (χ4n) is 2.03. The summed E-state index contributed by atoms with van der Waals surface area (Å²) in [4.78, 5) is 13.3. The van der Waals surface area contributed by atoms with E-state index in [0.717, 1.165) is 6.42 Å². The van der Waals surface area contributed by atoms with Crippen molar-refractivity contribution < 1.29 is 17.9 Å². The number of amides is 1. The minimum atomic E-state index is -3.83. The first-order valence-electron chi connectivity index (χ1n) is 5.69.